The Hall–Kier alpha value is -1.31. The van der Waals surface area contributed by atoms with Gasteiger partial charge in [-0.3, -0.25) is 9.59 Å². The molecule has 0 saturated carbocycles. The van der Waals surface area contributed by atoms with Crippen LogP contribution in [0, 0.1) is 5.92 Å². The Morgan fingerprint density at radius 3 is 1.94 bits per heavy atom. The molecule has 1 fully saturated rings. The van der Waals surface area contributed by atoms with E-state index in [0.29, 0.717) is 0 Å². The number of carboxylic acids is 2. The van der Waals surface area contributed by atoms with Crippen molar-refractivity contribution in [3.05, 3.63) is 0 Å². The van der Waals surface area contributed by atoms with Crippen molar-refractivity contribution in [2.24, 2.45) is 5.92 Å². The molecule has 2 unspecified atom stereocenters. The van der Waals surface area contributed by atoms with Crippen LogP contribution in [0.25, 0.3) is 0 Å². The summed E-state index contributed by atoms with van der Waals surface area (Å²) in [6.07, 6.45) is -4.32. The lowest BCUT2D eigenvalue weighted by Gasteiger charge is -2.28. The number of halogens is 3. The highest BCUT2D eigenvalue weighted by atomic mass is 19.4. The molecular formula is C9H14F3NO4. The summed E-state index contributed by atoms with van der Waals surface area (Å²) in [7, 11) is 0. The van der Waals surface area contributed by atoms with Crippen molar-refractivity contribution in [3.8, 4) is 0 Å². The van der Waals surface area contributed by atoms with Crippen molar-refractivity contribution in [2.75, 3.05) is 6.54 Å². The van der Waals surface area contributed by atoms with Gasteiger partial charge >= 0.3 is 12.1 Å². The normalized spacial score (nSPS) is 24.5. The number of carboxylic acid groups (broad SMARTS) is 2. The number of carbonyl (C=O) groups is 2. The van der Waals surface area contributed by atoms with Crippen LogP contribution in [0.1, 0.15) is 19.8 Å². The minimum absolute atomic E-state index is 0.0898. The molecule has 100 valence electrons. The third kappa shape index (κ3) is 6.77. The van der Waals surface area contributed by atoms with Crippen molar-refractivity contribution in [3.63, 3.8) is 0 Å². The van der Waals surface area contributed by atoms with Gasteiger partial charge in [-0.25, -0.2) is 0 Å². The molecule has 0 spiro atoms. The second-order valence-electron chi connectivity index (χ2n) is 3.63. The van der Waals surface area contributed by atoms with Gasteiger partial charge < -0.3 is 15.5 Å². The Morgan fingerprint density at radius 1 is 1.24 bits per heavy atom. The predicted octanol–water partition coefficient (Wildman–Crippen LogP) is 1.09. The Labute approximate surface area is 95.6 Å². The lowest BCUT2D eigenvalue weighted by Crippen LogP contribution is -2.49. The lowest BCUT2D eigenvalue weighted by molar-refractivity contribution is -0.166. The average molecular weight is 257 g/mol. The molecule has 17 heavy (non-hydrogen) atoms. The molecule has 1 aliphatic rings. The fourth-order valence-electron chi connectivity index (χ4n) is 1.35. The first-order chi connectivity index (χ1) is 7.64. The molecule has 0 radical (unpaired) electrons. The molecule has 1 saturated heterocycles. The molecule has 0 aromatic carbocycles. The van der Waals surface area contributed by atoms with Gasteiger partial charge in [-0.2, -0.15) is 13.2 Å². The van der Waals surface area contributed by atoms with Gasteiger partial charge in [-0.05, 0) is 12.8 Å². The summed E-state index contributed by atoms with van der Waals surface area (Å²) in [6.45, 7) is 0.986. The van der Waals surface area contributed by atoms with Crippen LogP contribution in [0.15, 0.2) is 0 Å². The van der Waals surface area contributed by atoms with Crippen LogP contribution >= 0.6 is 0 Å². The number of hydrogen-bond donors (Lipinski definition) is 3. The third-order valence-electron chi connectivity index (χ3n) is 2.16. The highest BCUT2D eigenvalue weighted by molar-refractivity contribution is 5.70. The van der Waals surface area contributed by atoms with Crippen molar-refractivity contribution >= 4 is 11.9 Å². The minimum atomic E-state index is -4.26. The Bertz CT molecular complexity index is 268. The van der Waals surface area contributed by atoms with Gasteiger partial charge in [-0.1, -0.05) is 0 Å². The second-order valence-corrected chi connectivity index (χ2v) is 3.63. The van der Waals surface area contributed by atoms with Crippen LogP contribution in [0.2, 0.25) is 0 Å². The summed E-state index contributed by atoms with van der Waals surface area (Å²) in [4.78, 5) is 19.4. The minimum Gasteiger partial charge on any atom is -0.481 e. The van der Waals surface area contributed by atoms with E-state index in [4.69, 9.17) is 15.0 Å². The maximum Gasteiger partial charge on any atom is 0.403 e. The van der Waals surface area contributed by atoms with E-state index >= 15 is 0 Å². The fraction of sp³-hybridized carbons (Fsp3) is 0.778. The first-order valence-electron chi connectivity index (χ1n) is 4.87. The number of alkyl halides is 3. The first-order valence-corrected chi connectivity index (χ1v) is 4.87. The fourth-order valence-corrected chi connectivity index (χ4v) is 1.35. The summed E-state index contributed by atoms with van der Waals surface area (Å²) in [5.41, 5.74) is 0. The van der Waals surface area contributed by atoms with Crippen LogP contribution < -0.4 is 5.32 Å². The zero-order valence-corrected chi connectivity index (χ0v) is 9.12. The molecular weight excluding hydrogens is 243 g/mol. The number of aliphatic carboxylic acids is 2. The van der Waals surface area contributed by atoms with E-state index in [-0.39, 0.29) is 19.4 Å². The van der Waals surface area contributed by atoms with E-state index in [2.05, 4.69) is 5.32 Å². The average Bonchev–Trinajstić information content (AvgIpc) is 2.15. The number of nitrogens with one attached hydrogen (secondary N) is 1. The number of rotatable bonds is 1. The molecule has 0 aliphatic carbocycles. The quantitative estimate of drug-likeness (QED) is 0.654. The van der Waals surface area contributed by atoms with Gasteiger partial charge in [-0.15, -0.1) is 0 Å². The summed E-state index contributed by atoms with van der Waals surface area (Å²) in [5.74, 6) is -2.55. The predicted molar refractivity (Wildman–Crippen MR) is 51.5 cm³/mol. The Kier molecular flexibility index (Phi) is 5.94. The zero-order chi connectivity index (χ0) is 13.6. The van der Waals surface area contributed by atoms with E-state index in [1.807, 2.05) is 0 Å². The van der Waals surface area contributed by atoms with Gasteiger partial charge in [0.1, 0.15) is 6.04 Å². The highest BCUT2D eigenvalue weighted by Crippen LogP contribution is 2.27. The molecule has 1 rings (SSSR count). The summed E-state index contributed by atoms with van der Waals surface area (Å²) in [5, 5.41) is 18.1. The summed E-state index contributed by atoms with van der Waals surface area (Å²) >= 11 is 0. The third-order valence-corrected chi connectivity index (χ3v) is 2.16. The van der Waals surface area contributed by atoms with E-state index in [1.165, 1.54) is 0 Å². The Morgan fingerprint density at radius 2 is 1.71 bits per heavy atom. The van der Waals surface area contributed by atoms with Crippen LogP contribution in [0.4, 0.5) is 13.2 Å². The zero-order valence-electron chi connectivity index (χ0n) is 9.12. The molecule has 8 heteroatoms. The van der Waals surface area contributed by atoms with Crippen molar-refractivity contribution in [1.82, 2.24) is 5.32 Å². The molecule has 3 N–H and O–H groups in total. The van der Waals surface area contributed by atoms with Crippen molar-refractivity contribution in [2.45, 2.75) is 32.0 Å². The molecule has 1 heterocycles. The van der Waals surface area contributed by atoms with Crippen LogP contribution in [0.3, 0.4) is 0 Å². The maximum absolute atomic E-state index is 12.1. The van der Waals surface area contributed by atoms with E-state index in [0.717, 1.165) is 6.92 Å². The molecule has 0 bridgehead atoms. The van der Waals surface area contributed by atoms with Crippen molar-refractivity contribution in [1.29, 1.82) is 0 Å². The monoisotopic (exact) mass is 257 g/mol. The number of piperidine rings is 1. The van der Waals surface area contributed by atoms with Gasteiger partial charge in [0.25, 0.3) is 5.97 Å². The highest BCUT2D eigenvalue weighted by Gasteiger charge is 2.42. The Balaban J connectivity index is 0.000000557. The standard InChI is InChI=1S/C7H10F3NO2.C2H4O2/c8-7(9,10)5-2-1-4(3-11-5)6(12)13;1-2(3)4/h4-5,11H,1-3H2,(H,12,13);1H3,(H,3,4). The molecule has 0 amide bonds. The summed E-state index contributed by atoms with van der Waals surface area (Å²) in [6, 6.07) is -1.54. The summed E-state index contributed by atoms with van der Waals surface area (Å²) < 4.78 is 36.2. The number of hydrogen-bond acceptors (Lipinski definition) is 3. The van der Waals surface area contributed by atoms with Crippen molar-refractivity contribution < 1.29 is 33.0 Å². The molecule has 5 nitrogen and oxygen atoms in total. The van der Waals surface area contributed by atoms with Gasteiger partial charge in [0, 0.05) is 13.5 Å². The SMILES string of the molecule is CC(=O)O.O=C(O)C1CCC(C(F)(F)F)NC1. The lowest BCUT2D eigenvalue weighted by atomic mass is 9.95. The van der Waals surface area contributed by atoms with Crippen LogP contribution in [0.5, 0.6) is 0 Å². The second kappa shape index (κ2) is 6.43. The van der Waals surface area contributed by atoms with E-state index in [9.17, 15) is 18.0 Å². The topological polar surface area (TPSA) is 86.6 Å². The molecule has 0 aromatic heterocycles. The van der Waals surface area contributed by atoms with E-state index < -0.39 is 30.1 Å². The first kappa shape index (κ1) is 15.7. The molecule has 2 atom stereocenters. The largest absolute Gasteiger partial charge is 0.481 e. The van der Waals surface area contributed by atoms with Crippen LogP contribution in [-0.2, 0) is 9.59 Å². The van der Waals surface area contributed by atoms with Crippen LogP contribution in [-0.4, -0.2) is 40.9 Å². The van der Waals surface area contributed by atoms with Gasteiger partial charge in [0.2, 0.25) is 0 Å². The van der Waals surface area contributed by atoms with Gasteiger partial charge in [0.15, 0.2) is 0 Å². The smallest absolute Gasteiger partial charge is 0.403 e. The van der Waals surface area contributed by atoms with Gasteiger partial charge in [0.05, 0.1) is 5.92 Å². The maximum atomic E-state index is 12.1. The molecule has 0 aromatic rings. The molecule has 1 aliphatic heterocycles. The van der Waals surface area contributed by atoms with E-state index in [1.54, 1.807) is 0 Å².